The zero-order valence-electron chi connectivity index (χ0n) is 17.0. The average Bonchev–Trinajstić information content (AvgIpc) is 3.22. The molecule has 0 amide bonds. The molecule has 1 N–H and O–H groups in total. The summed E-state index contributed by atoms with van der Waals surface area (Å²) in [5.74, 6) is -0.240. The molecule has 1 saturated heterocycles. The van der Waals surface area contributed by atoms with Gasteiger partial charge in [-0.3, -0.25) is 4.79 Å². The standard InChI is InChI=1S/C22H34O4/c1-14(2)18-12-10-15(3)8-7-9-16(4)11-13-19-22(6,26-19)21(24)20(18)25-17(5)23/h9-10,12,14,19-21,24H,7-8,11,13H2,1-6H3/b15-10+,16-9+,18-12-/t19-,20-,21+,22+/m1/s1. The second-order valence-corrected chi connectivity index (χ2v) is 8.23. The van der Waals surface area contributed by atoms with Crippen LogP contribution in [0.1, 0.15) is 67.2 Å². The Kier molecular flexibility index (Phi) is 6.86. The lowest BCUT2D eigenvalue weighted by molar-refractivity contribution is -0.152. The van der Waals surface area contributed by atoms with Gasteiger partial charge in [-0.1, -0.05) is 43.2 Å². The summed E-state index contributed by atoms with van der Waals surface area (Å²) in [6.45, 7) is 11.7. The second-order valence-electron chi connectivity index (χ2n) is 8.23. The Balaban J connectivity index is 2.40. The molecular formula is C22H34O4. The van der Waals surface area contributed by atoms with Crippen LogP contribution >= 0.6 is 0 Å². The third-order valence-corrected chi connectivity index (χ3v) is 5.53. The normalized spacial score (nSPS) is 39.4. The zero-order valence-corrected chi connectivity index (χ0v) is 17.0. The smallest absolute Gasteiger partial charge is 0.303 e. The quantitative estimate of drug-likeness (QED) is 0.447. The first-order chi connectivity index (χ1) is 12.1. The SMILES string of the molecule is CC(=O)O[C@@H]1/C(C(C)C)=C\C=C(/C)CC/C=C(\C)CC[C@H]2O[C@]2(C)[C@H]1O. The van der Waals surface area contributed by atoms with E-state index in [1.54, 1.807) is 0 Å². The number of aliphatic hydroxyl groups excluding tert-OH is 1. The van der Waals surface area contributed by atoms with Gasteiger partial charge in [-0.05, 0) is 57.9 Å². The number of hydrogen-bond donors (Lipinski definition) is 1. The third kappa shape index (κ3) is 5.08. The summed E-state index contributed by atoms with van der Waals surface area (Å²) in [6.07, 6.45) is 8.67. The van der Waals surface area contributed by atoms with E-state index in [1.807, 2.05) is 13.0 Å². The molecule has 0 saturated carbocycles. The summed E-state index contributed by atoms with van der Waals surface area (Å²) in [6, 6.07) is 0. The molecule has 1 fully saturated rings. The minimum atomic E-state index is -0.883. The van der Waals surface area contributed by atoms with Crippen LogP contribution in [0.3, 0.4) is 0 Å². The van der Waals surface area contributed by atoms with Gasteiger partial charge in [0.2, 0.25) is 0 Å². The lowest BCUT2D eigenvalue weighted by Gasteiger charge is -2.30. The molecule has 146 valence electrons. The Morgan fingerprint density at radius 3 is 2.58 bits per heavy atom. The Hall–Kier alpha value is -1.39. The maximum atomic E-state index is 11.7. The summed E-state index contributed by atoms with van der Waals surface area (Å²) in [7, 11) is 0. The first-order valence-electron chi connectivity index (χ1n) is 9.71. The van der Waals surface area contributed by atoms with Crippen molar-refractivity contribution in [3.05, 3.63) is 34.9 Å². The van der Waals surface area contributed by atoms with Crippen LogP contribution in [0, 0.1) is 5.92 Å². The molecule has 0 aromatic rings. The number of allylic oxidation sites excluding steroid dienone is 5. The number of carbonyl (C=O) groups is 1. The van der Waals surface area contributed by atoms with E-state index < -0.39 is 17.8 Å². The fraction of sp³-hybridized carbons (Fsp3) is 0.682. The largest absolute Gasteiger partial charge is 0.455 e. The van der Waals surface area contributed by atoms with Crippen molar-refractivity contribution in [2.75, 3.05) is 0 Å². The van der Waals surface area contributed by atoms with E-state index in [2.05, 4.69) is 39.8 Å². The molecule has 0 aromatic heterocycles. The van der Waals surface area contributed by atoms with Gasteiger partial charge in [0.05, 0.1) is 6.10 Å². The molecule has 26 heavy (non-hydrogen) atoms. The highest BCUT2D eigenvalue weighted by molar-refractivity contribution is 5.66. The molecule has 0 unspecified atom stereocenters. The number of fused-ring (bicyclic) bond motifs is 1. The van der Waals surface area contributed by atoms with Gasteiger partial charge in [0.15, 0.2) is 6.10 Å². The Bertz CT molecular complexity index is 614. The Morgan fingerprint density at radius 2 is 1.96 bits per heavy atom. The number of carbonyl (C=O) groups excluding carboxylic acids is 1. The molecule has 1 aliphatic carbocycles. The maximum absolute atomic E-state index is 11.7. The topological polar surface area (TPSA) is 59.1 Å². The van der Waals surface area contributed by atoms with Crippen molar-refractivity contribution in [2.24, 2.45) is 5.92 Å². The van der Waals surface area contributed by atoms with E-state index in [1.165, 1.54) is 18.1 Å². The summed E-state index contributed by atoms with van der Waals surface area (Å²) >= 11 is 0. The predicted molar refractivity (Wildman–Crippen MR) is 104 cm³/mol. The third-order valence-electron chi connectivity index (χ3n) is 5.53. The monoisotopic (exact) mass is 362 g/mol. The van der Waals surface area contributed by atoms with E-state index >= 15 is 0 Å². The fourth-order valence-corrected chi connectivity index (χ4v) is 3.62. The van der Waals surface area contributed by atoms with Crippen LogP contribution in [0.15, 0.2) is 34.9 Å². The van der Waals surface area contributed by atoms with E-state index in [0.717, 1.165) is 31.3 Å². The minimum Gasteiger partial charge on any atom is -0.455 e. The number of hydrogen-bond acceptors (Lipinski definition) is 4. The highest BCUT2D eigenvalue weighted by atomic mass is 16.6. The summed E-state index contributed by atoms with van der Waals surface area (Å²) < 4.78 is 11.5. The van der Waals surface area contributed by atoms with Gasteiger partial charge in [-0.25, -0.2) is 0 Å². The lowest BCUT2D eigenvalue weighted by atomic mass is 9.85. The van der Waals surface area contributed by atoms with Crippen molar-refractivity contribution in [1.82, 2.24) is 0 Å². The molecule has 1 aliphatic heterocycles. The molecule has 0 spiro atoms. The number of aliphatic hydroxyl groups is 1. The Labute approximate surface area is 158 Å². The molecule has 4 nitrogen and oxygen atoms in total. The van der Waals surface area contributed by atoms with Crippen LogP contribution in [0.25, 0.3) is 0 Å². The second kappa shape index (κ2) is 8.53. The maximum Gasteiger partial charge on any atom is 0.303 e. The number of rotatable bonds is 2. The molecule has 1 heterocycles. The summed E-state index contributed by atoms with van der Waals surface area (Å²) in [4.78, 5) is 11.7. The van der Waals surface area contributed by atoms with Gasteiger partial charge in [-0.2, -0.15) is 0 Å². The molecule has 0 aromatic carbocycles. The van der Waals surface area contributed by atoms with E-state index in [-0.39, 0.29) is 18.0 Å². The molecule has 0 radical (unpaired) electrons. The first-order valence-corrected chi connectivity index (χ1v) is 9.71. The van der Waals surface area contributed by atoms with Crippen LogP contribution < -0.4 is 0 Å². The zero-order chi connectivity index (χ0) is 19.5. The van der Waals surface area contributed by atoms with Crippen molar-refractivity contribution < 1.29 is 19.4 Å². The fourth-order valence-electron chi connectivity index (χ4n) is 3.62. The van der Waals surface area contributed by atoms with Gasteiger partial charge in [0, 0.05) is 6.92 Å². The van der Waals surface area contributed by atoms with Gasteiger partial charge in [-0.15, -0.1) is 0 Å². The molecule has 4 atom stereocenters. The van der Waals surface area contributed by atoms with Gasteiger partial charge < -0.3 is 14.6 Å². The molecular weight excluding hydrogens is 328 g/mol. The summed E-state index contributed by atoms with van der Waals surface area (Å²) in [5.41, 5.74) is 2.88. The van der Waals surface area contributed by atoms with Crippen LogP contribution in [0.4, 0.5) is 0 Å². The lowest BCUT2D eigenvalue weighted by Crippen LogP contribution is -2.44. The van der Waals surface area contributed by atoms with Crippen LogP contribution in [-0.2, 0) is 14.3 Å². The minimum absolute atomic E-state index is 0.00691. The number of ether oxygens (including phenoxy) is 2. The number of esters is 1. The van der Waals surface area contributed by atoms with E-state index in [9.17, 15) is 9.90 Å². The Morgan fingerprint density at radius 1 is 1.27 bits per heavy atom. The van der Waals surface area contributed by atoms with Gasteiger partial charge in [0.1, 0.15) is 11.7 Å². The van der Waals surface area contributed by atoms with Crippen molar-refractivity contribution in [3.63, 3.8) is 0 Å². The number of epoxide rings is 1. The van der Waals surface area contributed by atoms with Crippen molar-refractivity contribution >= 4 is 5.97 Å². The van der Waals surface area contributed by atoms with Crippen LogP contribution in [0.2, 0.25) is 0 Å². The van der Waals surface area contributed by atoms with E-state index in [4.69, 9.17) is 9.47 Å². The van der Waals surface area contributed by atoms with E-state index in [0.29, 0.717) is 0 Å². The molecule has 4 heteroatoms. The highest BCUT2D eigenvalue weighted by Gasteiger charge is 2.60. The average molecular weight is 363 g/mol. The molecule has 2 rings (SSSR count). The van der Waals surface area contributed by atoms with Gasteiger partial charge >= 0.3 is 5.97 Å². The van der Waals surface area contributed by atoms with Gasteiger partial charge in [0.25, 0.3) is 0 Å². The molecule has 2 aliphatic rings. The predicted octanol–water partition coefficient (Wildman–Crippen LogP) is 4.49. The molecule has 0 bridgehead atoms. The van der Waals surface area contributed by atoms with Crippen LogP contribution in [0.5, 0.6) is 0 Å². The first kappa shape index (κ1) is 20.9. The highest BCUT2D eigenvalue weighted by Crippen LogP contribution is 2.45. The van der Waals surface area contributed by atoms with Crippen molar-refractivity contribution in [2.45, 2.75) is 91.1 Å². The van der Waals surface area contributed by atoms with Crippen molar-refractivity contribution in [1.29, 1.82) is 0 Å². The van der Waals surface area contributed by atoms with Crippen molar-refractivity contribution in [3.8, 4) is 0 Å². The van der Waals surface area contributed by atoms with Crippen LogP contribution in [-0.4, -0.2) is 35.0 Å². The summed E-state index contributed by atoms with van der Waals surface area (Å²) in [5, 5.41) is 11.1.